The van der Waals surface area contributed by atoms with Crippen LogP contribution in [-0.2, 0) is 14.4 Å². The van der Waals surface area contributed by atoms with Crippen LogP contribution in [0.4, 0.5) is 0 Å². The first-order valence-corrected chi connectivity index (χ1v) is 12.8. The standard InChI is InChI=1S/C26H42O3S/c1-5-7-8-9-10-11-12-13-14-15-16-17-18-19-22(27)23-24(28)26(4,30-25(23)29)20-21(3)6-2/h6,20,23H,2,5,7-19H2,1,3-4H3/t23?,26-/m1/s1. The second kappa shape index (κ2) is 14.8. The van der Waals surface area contributed by atoms with E-state index in [1.807, 2.05) is 6.92 Å². The van der Waals surface area contributed by atoms with Crippen molar-refractivity contribution in [2.24, 2.45) is 5.92 Å². The lowest BCUT2D eigenvalue weighted by atomic mass is 9.88. The van der Waals surface area contributed by atoms with Crippen molar-refractivity contribution in [3.05, 3.63) is 24.3 Å². The number of rotatable bonds is 17. The van der Waals surface area contributed by atoms with Crippen LogP contribution in [-0.4, -0.2) is 21.4 Å². The number of Topliss-reactive ketones (excluding diaryl/α,β-unsaturated/α-hetero) is 2. The maximum Gasteiger partial charge on any atom is 0.208 e. The molecule has 0 bridgehead atoms. The van der Waals surface area contributed by atoms with Gasteiger partial charge in [0.05, 0.1) is 4.75 Å². The van der Waals surface area contributed by atoms with E-state index in [1.54, 1.807) is 19.1 Å². The van der Waals surface area contributed by atoms with Gasteiger partial charge in [0.1, 0.15) is 5.92 Å². The van der Waals surface area contributed by atoms with Crippen LogP contribution in [0, 0.1) is 5.92 Å². The van der Waals surface area contributed by atoms with Gasteiger partial charge in [-0.3, -0.25) is 14.4 Å². The Kier molecular flexibility index (Phi) is 13.2. The lowest BCUT2D eigenvalue weighted by molar-refractivity contribution is -0.136. The van der Waals surface area contributed by atoms with Gasteiger partial charge in [0, 0.05) is 6.42 Å². The number of hydrogen-bond donors (Lipinski definition) is 0. The van der Waals surface area contributed by atoms with Crippen molar-refractivity contribution in [1.82, 2.24) is 0 Å². The van der Waals surface area contributed by atoms with E-state index in [9.17, 15) is 14.4 Å². The van der Waals surface area contributed by atoms with Crippen LogP contribution in [0.15, 0.2) is 24.3 Å². The molecule has 1 saturated heterocycles. The van der Waals surface area contributed by atoms with Crippen molar-refractivity contribution in [3.63, 3.8) is 0 Å². The summed E-state index contributed by atoms with van der Waals surface area (Å²) in [5.74, 6) is -1.54. The summed E-state index contributed by atoms with van der Waals surface area (Å²) in [6, 6.07) is 0. The topological polar surface area (TPSA) is 51.2 Å². The van der Waals surface area contributed by atoms with E-state index in [1.165, 1.54) is 64.2 Å². The van der Waals surface area contributed by atoms with Crippen LogP contribution < -0.4 is 0 Å². The molecule has 1 rings (SSSR count). The molecule has 1 aliphatic heterocycles. The summed E-state index contributed by atoms with van der Waals surface area (Å²) in [6.45, 7) is 9.51. The van der Waals surface area contributed by atoms with Gasteiger partial charge in [-0.25, -0.2) is 0 Å². The Balaban J connectivity index is 2.17. The van der Waals surface area contributed by atoms with Gasteiger partial charge in [0.2, 0.25) is 5.12 Å². The molecule has 1 unspecified atom stereocenters. The highest BCUT2D eigenvalue weighted by molar-refractivity contribution is 8.16. The summed E-state index contributed by atoms with van der Waals surface area (Å²) in [6.07, 6.45) is 20.0. The van der Waals surface area contributed by atoms with E-state index in [0.29, 0.717) is 6.42 Å². The molecule has 1 heterocycles. The van der Waals surface area contributed by atoms with Gasteiger partial charge in [0.15, 0.2) is 11.6 Å². The molecule has 0 N–H and O–H groups in total. The molecule has 30 heavy (non-hydrogen) atoms. The molecule has 1 aliphatic rings. The number of carbonyl (C=O) groups is 3. The lowest BCUT2D eigenvalue weighted by Crippen LogP contribution is -2.33. The van der Waals surface area contributed by atoms with E-state index in [0.717, 1.165) is 36.6 Å². The van der Waals surface area contributed by atoms with Crippen molar-refractivity contribution in [3.8, 4) is 0 Å². The molecule has 0 aromatic heterocycles. The van der Waals surface area contributed by atoms with Gasteiger partial charge in [0.25, 0.3) is 0 Å². The predicted octanol–water partition coefficient (Wildman–Crippen LogP) is 7.39. The first-order chi connectivity index (χ1) is 14.4. The molecule has 0 aliphatic carbocycles. The molecule has 4 heteroatoms. The van der Waals surface area contributed by atoms with E-state index >= 15 is 0 Å². The summed E-state index contributed by atoms with van der Waals surface area (Å²) >= 11 is 0.985. The molecule has 0 amide bonds. The Bertz CT molecular complexity index is 607. The highest BCUT2D eigenvalue weighted by atomic mass is 32.2. The minimum Gasteiger partial charge on any atom is -0.298 e. The number of ketones is 2. The second-order valence-electron chi connectivity index (χ2n) is 8.88. The first kappa shape index (κ1) is 26.9. The monoisotopic (exact) mass is 434 g/mol. The average molecular weight is 435 g/mol. The average Bonchev–Trinajstić information content (AvgIpc) is 2.93. The third-order valence-electron chi connectivity index (χ3n) is 5.97. The van der Waals surface area contributed by atoms with E-state index in [2.05, 4.69) is 13.5 Å². The fourth-order valence-corrected chi connectivity index (χ4v) is 5.28. The van der Waals surface area contributed by atoms with Gasteiger partial charge < -0.3 is 0 Å². The van der Waals surface area contributed by atoms with Crippen molar-refractivity contribution < 1.29 is 14.4 Å². The minimum absolute atomic E-state index is 0.200. The van der Waals surface area contributed by atoms with Gasteiger partial charge in [-0.2, -0.15) is 0 Å². The molecular weight excluding hydrogens is 392 g/mol. The largest absolute Gasteiger partial charge is 0.298 e. The normalized spacial score (nSPS) is 22.0. The fourth-order valence-electron chi connectivity index (χ4n) is 4.04. The van der Waals surface area contributed by atoms with E-state index in [4.69, 9.17) is 0 Å². The highest BCUT2D eigenvalue weighted by Crippen LogP contribution is 2.42. The third-order valence-corrected chi connectivity index (χ3v) is 7.15. The Labute approximate surface area is 188 Å². The van der Waals surface area contributed by atoms with Gasteiger partial charge in [-0.1, -0.05) is 120 Å². The summed E-state index contributed by atoms with van der Waals surface area (Å²) in [5.41, 5.74) is 0.843. The van der Waals surface area contributed by atoms with Crippen molar-refractivity contribution in [2.45, 2.75) is 115 Å². The van der Waals surface area contributed by atoms with Crippen molar-refractivity contribution in [1.29, 1.82) is 0 Å². The molecule has 2 atom stereocenters. The molecule has 0 spiro atoms. The number of hydrogen-bond acceptors (Lipinski definition) is 4. The highest BCUT2D eigenvalue weighted by Gasteiger charge is 2.52. The summed E-state index contributed by atoms with van der Waals surface area (Å²) in [5, 5.41) is -0.296. The zero-order chi connectivity index (χ0) is 22.4. The predicted molar refractivity (Wildman–Crippen MR) is 129 cm³/mol. The van der Waals surface area contributed by atoms with E-state index in [-0.39, 0.29) is 16.7 Å². The van der Waals surface area contributed by atoms with Crippen molar-refractivity contribution >= 4 is 28.4 Å². The number of carbonyl (C=O) groups excluding carboxylic acids is 3. The molecule has 0 radical (unpaired) electrons. The second-order valence-corrected chi connectivity index (χ2v) is 10.3. The molecule has 170 valence electrons. The minimum atomic E-state index is -1.08. The Morgan fingerprint density at radius 3 is 1.87 bits per heavy atom. The van der Waals surface area contributed by atoms with Gasteiger partial charge in [-0.15, -0.1) is 0 Å². The van der Waals surface area contributed by atoms with Crippen LogP contribution in [0.3, 0.4) is 0 Å². The Morgan fingerprint density at radius 1 is 0.933 bits per heavy atom. The molecule has 3 nitrogen and oxygen atoms in total. The van der Waals surface area contributed by atoms with Crippen molar-refractivity contribution in [2.75, 3.05) is 0 Å². The molecule has 1 fully saturated rings. The fraction of sp³-hybridized carbons (Fsp3) is 0.731. The Hall–Kier alpha value is -1.16. The Morgan fingerprint density at radius 2 is 1.40 bits per heavy atom. The summed E-state index contributed by atoms with van der Waals surface area (Å²) in [7, 11) is 0. The quantitative estimate of drug-likeness (QED) is 0.136. The molecule has 0 aromatic rings. The van der Waals surface area contributed by atoms with Gasteiger partial charge in [-0.05, 0) is 20.3 Å². The number of allylic oxidation sites excluding steroid dienone is 2. The van der Waals surface area contributed by atoms with Crippen LogP contribution in [0.25, 0.3) is 0 Å². The summed E-state index contributed by atoms with van der Waals surface area (Å²) in [4.78, 5) is 37.5. The van der Waals surface area contributed by atoms with Crippen LogP contribution in [0.1, 0.15) is 111 Å². The smallest absolute Gasteiger partial charge is 0.208 e. The van der Waals surface area contributed by atoms with E-state index < -0.39 is 10.7 Å². The summed E-state index contributed by atoms with van der Waals surface area (Å²) < 4.78 is -0.939. The SMILES string of the molecule is C=CC(C)=C[C@@]1(C)SC(=O)C(C(=O)CCCCCCCCCCCCCCC)C1=O. The maximum absolute atomic E-state index is 12.7. The number of thioether (sulfide) groups is 1. The third kappa shape index (κ3) is 9.32. The zero-order valence-electron chi connectivity index (χ0n) is 19.5. The molecule has 0 saturated carbocycles. The lowest BCUT2D eigenvalue weighted by Gasteiger charge is -2.16. The van der Waals surface area contributed by atoms with Crippen LogP contribution >= 0.6 is 11.8 Å². The molecular formula is C26H42O3S. The zero-order valence-corrected chi connectivity index (χ0v) is 20.3. The molecule has 0 aromatic carbocycles. The van der Waals surface area contributed by atoms with Crippen LogP contribution in [0.5, 0.6) is 0 Å². The maximum atomic E-state index is 12.7. The van der Waals surface area contributed by atoms with Gasteiger partial charge >= 0.3 is 0 Å². The first-order valence-electron chi connectivity index (χ1n) is 12.0. The van der Waals surface area contributed by atoms with Crippen LogP contribution in [0.2, 0.25) is 0 Å². The number of unbranched alkanes of at least 4 members (excludes halogenated alkanes) is 12.